The maximum absolute atomic E-state index is 13.7. The van der Waals surface area contributed by atoms with Gasteiger partial charge in [0.1, 0.15) is 29.8 Å². The van der Waals surface area contributed by atoms with Gasteiger partial charge in [-0.25, -0.2) is 9.37 Å². The molecule has 1 atom stereocenters. The van der Waals surface area contributed by atoms with Crippen LogP contribution in [0.5, 0.6) is 5.75 Å². The summed E-state index contributed by atoms with van der Waals surface area (Å²) in [5, 5.41) is 11.9. The number of unbranched alkanes of at least 4 members (excludes halogenated alkanes) is 2. The molecule has 0 spiro atoms. The second kappa shape index (κ2) is 13.4. The van der Waals surface area contributed by atoms with Crippen molar-refractivity contribution in [3.8, 4) is 5.75 Å². The van der Waals surface area contributed by atoms with Crippen LogP contribution < -0.4 is 20.3 Å². The number of allylic oxidation sites excluding steroid dienone is 1. The molecule has 2 N–H and O–H groups in total. The number of anilines is 2. The van der Waals surface area contributed by atoms with Gasteiger partial charge < -0.3 is 20.3 Å². The summed E-state index contributed by atoms with van der Waals surface area (Å²) in [5.41, 5.74) is 4.50. The number of hydrogen-bond acceptors (Lipinski definition) is 6. The van der Waals surface area contributed by atoms with E-state index >= 15 is 0 Å². The summed E-state index contributed by atoms with van der Waals surface area (Å²) < 4.78 is 21.6. The molecule has 4 rings (SSSR count). The maximum Gasteiger partial charge on any atom is 0.160 e. The molecule has 2 aromatic heterocycles. The fraction of sp³-hybridized carbons (Fsp3) is 0.515. The van der Waals surface area contributed by atoms with Gasteiger partial charge in [0.05, 0.1) is 5.69 Å². The number of rotatable bonds is 17. The summed E-state index contributed by atoms with van der Waals surface area (Å²) in [6.45, 7) is 19.3. The van der Waals surface area contributed by atoms with Crippen molar-refractivity contribution in [3.63, 3.8) is 0 Å². The standard InChI is InChI=1S/C33H47FN6O/c1-8-9-10-11-24(4)28-19-31-37-30(36-22-33(6)14-15-33)20-32(40(31)38-28)39(7)17-16-35-25(5)21-41-29-13-12-26(34)18-27(29)23(2)3/h12-13,18-20,24,35H,2,5,8-11,14-17,21-22H2,1,3-4,6-7H3,(H,36,37). The number of hydrogen-bond donors (Lipinski definition) is 2. The lowest BCUT2D eigenvalue weighted by molar-refractivity contribution is 0.341. The summed E-state index contributed by atoms with van der Waals surface area (Å²) in [7, 11) is 2.07. The van der Waals surface area contributed by atoms with Gasteiger partial charge in [0.25, 0.3) is 0 Å². The lowest BCUT2D eigenvalue weighted by Gasteiger charge is -2.22. The molecule has 8 heteroatoms. The van der Waals surface area contributed by atoms with Gasteiger partial charge in [-0.15, -0.1) is 0 Å². The number of likely N-dealkylation sites (N-methyl/N-ethyl adjacent to an activating group) is 1. The number of nitrogens with zero attached hydrogens (tertiary/aromatic N) is 4. The molecule has 1 fully saturated rings. The third kappa shape index (κ3) is 8.24. The molecule has 1 aliphatic carbocycles. The quantitative estimate of drug-likeness (QED) is 0.167. The van der Waals surface area contributed by atoms with E-state index in [1.807, 2.05) is 11.4 Å². The SMILES string of the molecule is C=C(COc1ccc(F)cc1C(=C)C)NCCN(C)c1cc(NCC2(C)CC2)nc2cc(C(C)CCCCC)nn12. The van der Waals surface area contributed by atoms with Crippen LogP contribution in [0.1, 0.15) is 83.4 Å². The van der Waals surface area contributed by atoms with Crippen LogP contribution in [0, 0.1) is 11.2 Å². The van der Waals surface area contributed by atoms with Gasteiger partial charge in [0, 0.05) is 56.0 Å². The van der Waals surface area contributed by atoms with Crippen LogP contribution in [-0.2, 0) is 0 Å². The average Bonchev–Trinajstić information content (AvgIpc) is 3.52. The molecule has 3 aromatic rings. The van der Waals surface area contributed by atoms with Crippen LogP contribution >= 0.6 is 0 Å². The molecule has 222 valence electrons. The van der Waals surface area contributed by atoms with E-state index in [0.717, 1.165) is 53.8 Å². The number of aromatic nitrogens is 3. The van der Waals surface area contributed by atoms with Crippen molar-refractivity contribution < 1.29 is 9.13 Å². The first-order valence-electron chi connectivity index (χ1n) is 14.9. The van der Waals surface area contributed by atoms with E-state index in [0.29, 0.717) is 29.2 Å². The Morgan fingerprint density at radius 3 is 2.71 bits per heavy atom. The van der Waals surface area contributed by atoms with Crippen molar-refractivity contribution in [3.05, 3.63) is 66.3 Å². The van der Waals surface area contributed by atoms with E-state index in [2.05, 4.69) is 68.6 Å². The Labute approximate surface area is 244 Å². The molecule has 0 saturated heterocycles. The predicted molar refractivity (Wildman–Crippen MR) is 168 cm³/mol. The van der Waals surface area contributed by atoms with E-state index in [4.69, 9.17) is 14.8 Å². The van der Waals surface area contributed by atoms with Crippen LogP contribution in [0.4, 0.5) is 16.0 Å². The van der Waals surface area contributed by atoms with Crippen molar-refractivity contribution >= 4 is 22.9 Å². The van der Waals surface area contributed by atoms with Gasteiger partial charge in [0.15, 0.2) is 5.65 Å². The molecule has 0 amide bonds. The van der Waals surface area contributed by atoms with Gasteiger partial charge in [-0.2, -0.15) is 9.61 Å². The minimum atomic E-state index is -0.309. The number of halogens is 1. The zero-order chi connectivity index (χ0) is 29.6. The first-order chi connectivity index (χ1) is 19.6. The summed E-state index contributed by atoms with van der Waals surface area (Å²) in [6.07, 6.45) is 7.33. The minimum Gasteiger partial charge on any atom is -0.487 e. The number of benzene rings is 1. The van der Waals surface area contributed by atoms with Crippen LogP contribution in [0.3, 0.4) is 0 Å². The molecule has 0 aliphatic heterocycles. The molecule has 1 unspecified atom stereocenters. The molecule has 0 bridgehead atoms. The third-order valence-electron chi connectivity index (χ3n) is 7.99. The minimum absolute atomic E-state index is 0.278. The molecule has 7 nitrogen and oxygen atoms in total. The van der Waals surface area contributed by atoms with Gasteiger partial charge in [-0.1, -0.05) is 53.2 Å². The zero-order valence-corrected chi connectivity index (χ0v) is 25.5. The summed E-state index contributed by atoms with van der Waals surface area (Å²) in [6, 6.07) is 8.71. The Balaban J connectivity index is 1.40. The second-order valence-corrected chi connectivity index (χ2v) is 12.1. The van der Waals surface area contributed by atoms with Crippen molar-refractivity contribution in [2.24, 2.45) is 5.41 Å². The van der Waals surface area contributed by atoms with Crippen molar-refractivity contribution in [2.75, 3.05) is 43.5 Å². The van der Waals surface area contributed by atoms with Gasteiger partial charge in [-0.3, -0.25) is 0 Å². The zero-order valence-electron chi connectivity index (χ0n) is 25.5. The van der Waals surface area contributed by atoms with E-state index in [-0.39, 0.29) is 12.4 Å². The number of nitrogens with one attached hydrogen (secondary N) is 2. The Bertz CT molecular complexity index is 1360. The predicted octanol–water partition coefficient (Wildman–Crippen LogP) is 7.42. The van der Waals surface area contributed by atoms with Crippen molar-refractivity contribution in [1.82, 2.24) is 19.9 Å². The lowest BCUT2D eigenvalue weighted by Crippen LogP contribution is -2.31. The van der Waals surface area contributed by atoms with E-state index in [9.17, 15) is 4.39 Å². The molecular formula is C33H47FN6O. The van der Waals surface area contributed by atoms with Crippen LogP contribution in [0.15, 0.2) is 49.2 Å². The van der Waals surface area contributed by atoms with E-state index < -0.39 is 0 Å². The topological polar surface area (TPSA) is 66.7 Å². The fourth-order valence-corrected chi connectivity index (χ4v) is 4.81. The molecule has 1 aliphatic rings. The van der Waals surface area contributed by atoms with Crippen LogP contribution in [0.2, 0.25) is 0 Å². The first-order valence-corrected chi connectivity index (χ1v) is 14.9. The monoisotopic (exact) mass is 562 g/mol. The Kier molecular flexibility index (Phi) is 9.94. The van der Waals surface area contributed by atoms with Crippen molar-refractivity contribution in [2.45, 2.75) is 72.1 Å². The van der Waals surface area contributed by atoms with Gasteiger partial charge in [-0.05, 0) is 55.4 Å². The first kappa shape index (κ1) is 30.4. The Morgan fingerprint density at radius 1 is 1.22 bits per heavy atom. The normalized spacial score (nSPS) is 14.5. The molecule has 0 radical (unpaired) electrons. The smallest absolute Gasteiger partial charge is 0.160 e. The van der Waals surface area contributed by atoms with Crippen LogP contribution in [0.25, 0.3) is 11.2 Å². The highest BCUT2D eigenvalue weighted by molar-refractivity contribution is 5.67. The van der Waals surface area contributed by atoms with Crippen molar-refractivity contribution in [1.29, 1.82) is 0 Å². The van der Waals surface area contributed by atoms with Crippen LogP contribution in [-0.4, -0.2) is 47.9 Å². The summed E-state index contributed by atoms with van der Waals surface area (Å²) >= 11 is 0. The average molecular weight is 563 g/mol. The van der Waals surface area contributed by atoms with E-state index in [1.165, 1.54) is 44.2 Å². The molecule has 1 aromatic carbocycles. The summed E-state index contributed by atoms with van der Waals surface area (Å²) in [5.74, 6) is 2.55. The number of ether oxygens (including phenoxy) is 1. The lowest BCUT2D eigenvalue weighted by atomic mass is 10.0. The fourth-order valence-electron chi connectivity index (χ4n) is 4.81. The van der Waals surface area contributed by atoms with Gasteiger partial charge in [0.2, 0.25) is 0 Å². The van der Waals surface area contributed by atoms with Gasteiger partial charge >= 0.3 is 0 Å². The third-order valence-corrected chi connectivity index (χ3v) is 7.99. The highest BCUT2D eigenvalue weighted by Gasteiger charge is 2.37. The maximum atomic E-state index is 13.7. The second-order valence-electron chi connectivity index (χ2n) is 12.1. The highest BCUT2D eigenvalue weighted by atomic mass is 19.1. The Morgan fingerprint density at radius 2 is 2.00 bits per heavy atom. The summed E-state index contributed by atoms with van der Waals surface area (Å²) in [4.78, 5) is 7.11. The highest BCUT2D eigenvalue weighted by Crippen LogP contribution is 2.44. The molecule has 41 heavy (non-hydrogen) atoms. The molecule has 1 saturated carbocycles. The number of fused-ring (bicyclic) bond motifs is 1. The largest absolute Gasteiger partial charge is 0.487 e. The molecule has 2 heterocycles. The Hall–Kier alpha value is -3.55. The van der Waals surface area contributed by atoms with E-state index in [1.54, 1.807) is 6.07 Å². The molecular weight excluding hydrogens is 515 g/mol.